The molecule has 0 radical (unpaired) electrons. The van der Waals surface area contributed by atoms with Gasteiger partial charge in [0.15, 0.2) is 5.69 Å². The third-order valence-electron chi connectivity index (χ3n) is 3.08. The second kappa shape index (κ2) is 4.41. The van der Waals surface area contributed by atoms with Crippen molar-refractivity contribution in [2.45, 2.75) is 20.4 Å². The summed E-state index contributed by atoms with van der Waals surface area (Å²) in [4.78, 5) is 22.1. The standard InChI is InChI=1S/C12H13N7O/c1-3-18-10-8(7(2)16-12(13)17-10)6-9(11(18)20)19-14-4-5-15-19/h4-6H,3H2,1-2H3,(H2,13,16,17). The Bertz CT molecular complexity index is 835. The predicted molar refractivity (Wildman–Crippen MR) is 73.5 cm³/mol. The van der Waals surface area contributed by atoms with Gasteiger partial charge >= 0.3 is 0 Å². The molecule has 0 saturated carbocycles. The molecule has 0 aliphatic carbocycles. The molecule has 2 N–H and O–H groups in total. The zero-order valence-corrected chi connectivity index (χ0v) is 11.1. The molecule has 8 heteroatoms. The number of rotatable bonds is 2. The minimum atomic E-state index is -0.214. The molecule has 20 heavy (non-hydrogen) atoms. The van der Waals surface area contributed by atoms with Crippen molar-refractivity contribution in [2.75, 3.05) is 5.73 Å². The lowest BCUT2D eigenvalue weighted by molar-refractivity contribution is 0.697. The molecule has 3 aromatic heterocycles. The molecular formula is C12H13N7O. The fourth-order valence-electron chi connectivity index (χ4n) is 2.17. The Morgan fingerprint density at radius 2 is 1.95 bits per heavy atom. The minimum Gasteiger partial charge on any atom is -0.368 e. The van der Waals surface area contributed by atoms with Crippen molar-refractivity contribution in [2.24, 2.45) is 0 Å². The maximum absolute atomic E-state index is 12.5. The van der Waals surface area contributed by atoms with Crippen molar-refractivity contribution >= 4 is 17.0 Å². The lowest BCUT2D eigenvalue weighted by Crippen LogP contribution is -2.26. The van der Waals surface area contributed by atoms with Gasteiger partial charge in [-0.25, -0.2) is 4.98 Å². The smallest absolute Gasteiger partial charge is 0.279 e. The molecule has 3 heterocycles. The van der Waals surface area contributed by atoms with Gasteiger partial charge in [-0.05, 0) is 19.9 Å². The second-order valence-corrected chi connectivity index (χ2v) is 4.30. The molecule has 0 bridgehead atoms. The van der Waals surface area contributed by atoms with E-state index < -0.39 is 0 Å². The van der Waals surface area contributed by atoms with Crippen LogP contribution < -0.4 is 11.3 Å². The number of nitrogens with two attached hydrogens (primary N) is 1. The van der Waals surface area contributed by atoms with Crippen LogP contribution in [0.3, 0.4) is 0 Å². The summed E-state index contributed by atoms with van der Waals surface area (Å²) in [7, 11) is 0. The fraction of sp³-hybridized carbons (Fsp3) is 0.250. The van der Waals surface area contributed by atoms with Crippen LogP contribution in [0.5, 0.6) is 0 Å². The summed E-state index contributed by atoms with van der Waals surface area (Å²) in [5, 5.41) is 8.76. The van der Waals surface area contributed by atoms with E-state index in [9.17, 15) is 4.79 Å². The first-order valence-electron chi connectivity index (χ1n) is 6.16. The Morgan fingerprint density at radius 3 is 2.60 bits per heavy atom. The maximum atomic E-state index is 12.5. The molecule has 0 amide bonds. The monoisotopic (exact) mass is 271 g/mol. The number of nitrogen functional groups attached to an aromatic ring is 1. The number of anilines is 1. The maximum Gasteiger partial charge on any atom is 0.279 e. The molecule has 0 atom stereocenters. The Kier molecular flexibility index (Phi) is 2.70. The van der Waals surface area contributed by atoms with E-state index >= 15 is 0 Å². The molecule has 3 aromatic rings. The summed E-state index contributed by atoms with van der Waals surface area (Å²) in [6.07, 6.45) is 3.04. The van der Waals surface area contributed by atoms with E-state index in [1.165, 1.54) is 17.2 Å². The molecule has 0 spiro atoms. The van der Waals surface area contributed by atoms with Gasteiger partial charge < -0.3 is 5.73 Å². The topological polar surface area (TPSA) is 105 Å². The van der Waals surface area contributed by atoms with Crippen LogP contribution in [-0.2, 0) is 6.54 Å². The van der Waals surface area contributed by atoms with Crippen molar-refractivity contribution in [3.63, 3.8) is 0 Å². The van der Waals surface area contributed by atoms with Crippen LogP contribution in [-0.4, -0.2) is 29.5 Å². The molecule has 3 rings (SSSR count). The second-order valence-electron chi connectivity index (χ2n) is 4.30. The highest BCUT2D eigenvalue weighted by molar-refractivity contribution is 5.80. The number of pyridine rings is 1. The van der Waals surface area contributed by atoms with Crippen LogP contribution in [0.2, 0.25) is 0 Å². The zero-order chi connectivity index (χ0) is 14.3. The Balaban J connectivity index is 2.46. The SMILES string of the molecule is CCn1c(=O)c(-n2nccn2)cc2c(C)nc(N)nc21. The summed E-state index contributed by atoms with van der Waals surface area (Å²) in [6, 6.07) is 1.69. The quantitative estimate of drug-likeness (QED) is 0.718. The lowest BCUT2D eigenvalue weighted by Gasteiger charge is -2.11. The van der Waals surface area contributed by atoms with Crippen molar-refractivity contribution in [1.29, 1.82) is 0 Å². The summed E-state index contributed by atoms with van der Waals surface area (Å²) >= 11 is 0. The summed E-state index contributed by atoms with van der Waals surface area (Å²) in [5.41, 5.74) is 7.05. The number of nitrogens with zero attached hydrogens (tertiary/aromatic N) is 6. The van der Waals surface area contributed by atoms with E-state index in [1.807, 2.05) is 13.8 Å². The molecule has 0 fully saturated rings. The van der Waals surface area contributed by atoms with E-state index in [1.54, 1.807) is 10.6 Å². The van der Waals surface area contributed by atoms with Crippen LogP contribution in [0, 0.1) is 6.92 Å². The number of fused-ring (bicyclic) bond motifs is 1. The molecule has 0 aliphatic rings. The summed E-state index contributed by atoms with van der Waals surface area (Å²) in [6.45, 7) is 4.17. The van der Waals surface area contributed by atoms with Gasteiger partial charge in [0.25, 0.3) is 5.56 Å². The first-order valence-corrected chi connectivity index (χ1v) is 6.16. The van der Waals surface area contributed by atoms with Gasteiger partial charge in [-0.15, -0.1) is 4.80 Å². The highest BCUT2D eigenvalue weighted by Crippen LogP contribution is 2.17. The summed E-state index contributed by atoms with van der Waals surface area (Å²) < 4.78 is 1.54. The van der Waals surface area contributed by atoms with E-state index in [2.05, 4.69) is 20.2 Å². The normalized spacial score (nSPS) is 11.1. The van der Waals surface area contributed by atoms with Crippen LogP contribution >= 0.6 is 0 Å². The van der Waals surface area contributed by atoms with Crippen molar-refractivity contribution in [1.82, 2.24) is 29.5 Å². The molecular weight excluding hydrogens is 258 g/mol. The number of hydrogen-bond donors (Lipinski definition) is 1. The first kappa shape index (κ1) is 12.3. The van der Waals surface area contributed by atoms with Gasteiger partial charge in [0.1, 0.15) is 5.65 Å². The number of aromatic nitrogens is 6. The van der Waals surface area contributed by atoms with E-state index in [0.29, 0.717) is 23.6 Å². The molecule has 0 saturated heterocycles. The molecule has 102 valence electrons. The molecule has 8 nitrogen and oxygen atoms in total. The van der Waals surface area contributed by atoms with Gasteiger partial charge in [0.2, 0.25) is 5.95 Å². The van der Waals surface area contributed by atoms with Crippen molar-refractivity contribution in [3.8, 4) is 5.69 Å². The molecule has 0 aromatic carbocycles. The Labute approximate surface area is 113 Å². The fourth-order valence-corrected chi connectivity index (χ4v) is 2.17. The van der Waals surface area contributed by atoms with Crippen LogP contribution in [0.15, 0.2) is 23.3 Å². The van der Waals surface area contributed by atoms with Crippen molar-refractivity contribution in [3.05, 3.63) is 34.5 Å². The zero-order valence-electron chi connectivity index (χ0n) is 11.1. The predicted octanol–water partition coefficient (Wildman–Crippen LogP) is 0.283. The largest absolute Gasteiger partial charge is 0.368 e. The first-order chi connectivity index (χ1) is 9.61. The van der Waals surface area contributed by atoms with Crippen molar-refractivity contribution < 1.29 is 0 Å². The lowest BCUT2D eigenvalue weighted by atomic mass is 10.2. The average molecular weight is 271 g/mol. The summed E-state index contributed by atoms with van der Waals surface area (Å²) in [5.74, 6) is 0.154. The van der Waals surface area contributed by atoms with Gasteiger partial charge in [-0.1, -0.05) is 0 Å². The number of hydrogen-bond acceptors (Lipinski definition) is 6. The third kappa shape index (κ3) is 1.73. The molecule has 0 aliphatic heterocycles. The average Bonchev–Trinajstić information content (AvgIpc) is 2.92. The van der Waals surface area contributed by atoms with E-state index in [4.69, 9.17) is 5.73 Å². The molecule has 0 unspecified atom stereocenters. The van der Waals surface area contributed by atoms with Gasteiger partial charge in [0.05, 0.1) is 18.1 Å². The Morgan fingerprint density at radius 1 is 1.25 bits per heavy atom. The van der Waals surface area contributed by atoms with Gasteiger partial charge in [-0.2, -0.15) is 15.2 Å². The minimum absolute atomic E-state index is 0.154. The number of aryl methyl sites for hydroxylation is 2. The van der Waals surface area contributed by atoms with Crippen LogP contribution in [0.4, 0.5) is 5.95 Å². The van der Waals surface area contributed by atoms with Crippen LogP contribution in [0.25, 0.3) is 16.7 Å². The van der Waals surface area contributed by atoms with E-state index in [0.717, 1.165) is 5.39 Å². The third-order valence-corrected chi connectivity index (χ3v) is 3.08. The van der Waals surface area contributed by atoms with Crippen LogP contribution in [0.1, 0.15) is 12.6 Å². The Hall–Kier alpha value is -2.77. The van der Waals surface area contributed by atoms with E-state index in [-0.39, 0.29) is 11.5 Å². The highest BCUT2D eigenvalue weighted by Gasteiger charge is 2.14. The highest BCUT2D eigenvalue weighted by atomic mass is 16.1. The van der Waals surface area contributed by atoms with Gasteiger partial charge in [0, 0.05) is 11.9 Å². The van der Waals surface area contributed by atoms with Gasteiger partial charge in [-0.3, -0.25) is 9.36 Å².